The number of hydrogen-bond donors (Lipinski definition) is 1. The first kappa shape index (κ1) is 14.6. The normalized spacial score (nSPS) is 12.9. The fraction of sp³-hybridized carbons (Fsp3) is 0.357. The van der Waals surface area contributed by atoms with Gasteiger partial charge in [0.15, 0.2) is 0 Å². The molecule has 0 aliphatic carbocycles. The molecule has 0 spiro atoms. The van der Waals surface area contributed by atoms with Crippen LogP contribution in [0.3, 0.4) is 0 Å². The third kappa shape index (κ3) is 3.38. The molecule has 5 heteroatoms. The summed E-state index contributed by atoms with van der Waals surface area (Å²) in [5.74, 6) is 0.551. The van der Waals surface area contributed by atoms with E-state index < -0.39 is 0 Å². The van der Waals surface area contributed by atoms with Crippen LogP contribution in [0.25, 0.3) is 5.69 Å². The third-order valence-electron chi connectivity index (χ3n) is 2.95. The highest BCUT2D eigenvalue weighted by Gasteiger charge is 2.14. The smallest absolute Gasteiger partial charge is 0.0994 e. The summed E-state index contributed by atoms with van der Waals surface area (Å²) in [4.78, 5) is 4.21. The topological polar surface area (TPSA) is 43.8 Å². The second-order valence-corrected chi connectivity index (χ2v) is 6.28. The number of benzene rings is 1. The molecule has 1 heterocycles. The minimum absolute atomic E-state index is 0.0167. The highest BCUT2D eigenvalue weighted by molar-refractivity contribution is 9.10. The van der Waals surface area contributed by atoms with Crippen LogP contribution >= 0.6 is 27.5 Å². The van der Waals surface area contributed by atoms with Crippen molar-refractivity contribution in [3.63, 3.8) is 0 Å². The van der Waals surface area contributed by atoms with Crippen molar-refractivity contribution in [2.45, 2.75) is 26.3 Å². The number of rotatable bonds is 4. The Balaban J connectivity index is 2.35. The van der Waals surface area contributed by atoms with E-state index in [1.54, 1.807) is 6.33 Å². The summed E-state index contributed by atoms with van der Waals surface area (Å²) in [6.07, 6.45) is 4.54. The Bertz CT molecular complexity index is 566. The van der Waals surface area contributed by atoms with Gasteiger partial charge in [-0.05, 0) is 46.5 Å². The largest absolute Gasteiger partial charge is 0.323 e. The van der Waals surface area contributed by atoms with E-state index in [0.29, 0.717) is 10.9 Å². The van der Waals surface area contributed by atoms with Crippen LogP contribution in [0.5, 0.6) is 0 Å². The van der Waals surface area contributed by atoms with Crippen LogP contribution in [-0.4, -0.2) is 9.55 Å². The molecule has 0 aliphatic rings. The van der Waals surface area contributed by atoms with E-state index in [1.165, 1.54) is 0 Å². The van der Waals surface area contributed by atoms with Crippen LogP contribution < -0.4 is 5.73 Å². The average molecular weight is 343 g/mol. The minimum atomic E-state index is -0.0167. The molecule has 1 aromatic carbocycles. The summed E-state index contributed by atoms with van der Waals surface area (Å²) < 4.78 is 2.87. The first-order valence-corrected chi connectivity index (χ1v) is 7.39. The first-order chi connectivity index (χ1) is 8.99. The van der Waals surface area contributed by atoms with Gasteiger partial charge >= 0.3 is 0 Å². The Morgan fingerprint density at radius 3 is 2.79 bits per heavy atom. The number of nitrogens with two attached hydrogens (primary N) is 1. The van der Waals surface area contributed by atoms with Crippen molar-refractivity contribution in [3.8, 4) is 5.69 Å². The highest BCUT2D eigenvalue weighted by atomic mass is 79.9. The zero-order valence-corrected chi connectivity index (χ0v) is 13.3. The van der Waals surface area contributed by atoms with Crippen molar-refractivity contribution < 1.29 is 0 Å². The summed E-state index contributed by atoms with van der Waals surface area (Å²) in [6, 6.07) is 5.77. The molecule has 0 amide bonds. The zero-order valence-electron chi connectivity index (χ0n) is 11.0. The number of imidazole rings is 1. The predicted octanol–water partition coefficient (Wildman–Crippen LogP) is 4.33. The Labute approximate surface area is 126 Å². The molecule has 0 aliphatic heterocycles. The molecule has 1 unspecified atom stereocenters. The Kier molecular flexibility index (Phi) is 4.66. The molecule has 2 rings (SSSR count). The lowest BCUT2D eigenvalue weighted by molar-refractivity contribution is 0.498. The van der Waals surface area contributed by atoms with Gasteiger partial charge in [0, 0.05) is 16.2 Å². The molecule has 0 bridgehead atoms. The third-order valence-corrected chi connectivity index (χ3v) is 4.17. The average Bonchev–Trinajstić information content (AvgIpc) is 2.81. The molecule has 2 N–H and O–H groups in total. The Hall–Kier alpha value is -0.840. The lowest BCUT2D eigenvalue weighted by atomic mass is 10.0. The van der Waals surface area contributed by atoms with Gasteiger partial charge < -0.3 is 10.3 Å². The molecule has 102 valence electrons. The fourth-order valence-corrected chi connectivity index (χ4v) is 2.54. The van der Waals surface area contributed by atoms with Crippen LogP contribution in [0.4, 0.5) is 0 Å². The molecule has 0 fully saturated rings. The van der Waals surface area contributed by atoms with Gasteiger partial charge in [-0.15, -0.1) is 0 Å². The van der Waals surface area contributed by atoms with Crippen molar-refractivity contribution in [2.24, 2.45) is 11.7 Å². The summed E-state index contributed by atoms with van der Waals surface area (Å²) in [6.45, 7) is 4.33. The van der Waals surface area contributed by atoms with Crippen LogP contribution in [0, 0.1) is 5.92 Å². The molecular weight excluding hydrogens is 326 g/mol. The molecule has 0 saturated heterocycles. The molecule has 2 aromatic rings. The van der Waals surface area contributed by atoms with Crippen molar-refractivity contribution in [3.05, 3.63) is 45.9 Å². The molecule has 1 aromatic heterocycles. The van der Waals surface area contributed by atoms with E-state index in [9.17, 15) is 0 Å². The summed E-state index contributed by atoms with van der Waals surface area (Å²) >= 11 is 9.45. The molecule has 0 saturated carbocycles. The van der Waals surface area contributed by atoms with Gasteiger partial charge in [0.25, 0.3) is 0 Å². The van der Waals surface area contributed by atoms with Crippen molar-refractivity contribution in [1.29, 1.82) is 0 Å². The van der Waals surface area contributed by atoms with Gasteiger partial charge in [-0.1, -0.05) is 25.4 Å². The maximum Gasteiger partial charge on any atom is 0.0994 e. The number of nitrogens with zero attached hydrogens (tertiary/aromatic N) is 2. The SMILES string of the molecule is CC(C)CC(N)c1cncn1-c1ccc(Cl)c(Br)c1. The van der Waals surface area contributed by atoms with Crippen molar-refractivity contribution in [1.82, 2.24) is 9.55 Å². The monoisotopic (exact) mass is 341 g/mol. The minimum Gasteiger partial charge on any atom is -0.323 e. The van der Waals surface area contributed by atoms with Gasteiger partial charge in [-0.3, -0.25) is 0 Å². The maximum absolute atomic E-state index is 6.25. The molecule has 0 radical (unpaired) electrons. The van der Waals surface area contributed by atoms with Gasteiger partial charge in [0.05, 0.1) is 23.2 Å². The summed E-state index contributed by atoms with van der Waals surface area (Å²) in [5.41, 5.74) is 8.27. The molecular formula is C14H17BrClN3. The van der Waals surface area contributed by atoms with Crippen LogP contribution in [0.15, 0.2) is 35.2 Å². The zero-order chi connectivity index (χ0) is 14.0. The van der Waals surface area contributed by atoms with Crippen molar-refractivity contribution >= 4 is 27.5 Å². The lowest BCUT2D eigenvalue weighted by Gasteiger charge is -2.16. The number of halogens is 2. The van der Waals surface area contributed by atoms with Crippen LogP contribution in [0.2, 0.25) is 5.02 Å². The number of hydrogen-bond acceptors (Lipinski definition) is 2. The fourth-order valence-electron chi connectivity index (χ4n) is 2.06. The van der Waals surface area contributed by atoms with Gasteiger partial charge in [0.2, 0.25) is 0 Å². The van der Waals surface area contributed by atoms with E-state index in [-0.39, 0.29) is 6.04 Å². The summed E-state index contributed by atoms with van der Waals surface area (Å²) in [5, 5.41) is 0.692. The first-order valence-electron chi connectivity index (χ1n) is 6.22. The molecule has 19 heavy (non-hydrogen) atoms. The van der Waals surface area contributed by atoms with E-state index in [0.717, 1.165) is 22.3 Å². The quantitative estimate of drug-likeness (QED) is 0.898. The van der Waals surface area contributed by atoms with Gasteiger partial charge in [-0.2, -0.15) is 0 Å². The molecule has 3 nitrogen and oxygen atoms in total. The second-order valence-electron chi connectivity index (χ2n) is 5.02. The summed E-state index contributed by atoms with van der Waals surface area (Å²) in [7, 11) is 0. The van der Waals surface area contributed by atoms with E-state index >= 15 is 0 Å². The Morgan fingerprint density at radius 2 is 2.16 bits per heavy atom. The molecule has 1 atom stereocenters. The number of aromatic nitrogens is 2. The van der Waals surface area contributed by atoms with Gasteiger partial charge in [-0.25, -0.2) is 4.98 Å². The Morgan fingerprint density at radius 1 is 1.42 bits per heavy atom. The second kappa shape index (κ2) is 6.07. The highest BCUT2D eigenvalue weighted by Crippen LogP contribution is 2.27. The standard InChI is InChI=1S/C14H17BrClN3/c1-9(2)5-13(17)14-7-18-8-19(14)10-3-4-12(16)11(15)6-10/h3-4,6-9,13H,5,17H2,1-2H3. The van der Waals surface area contributed by atoms with Crippen LogP contribution in [0.1, 0.15) is 32.0 Å². The maximum atomic E-state index is 6.25. The van der Waals surface area contributed by atoms with E-state index in [4.69, 9.17) is 17.3 Å². The van der Waals surface area contributed by atoms with Crippen molar-refractivity contribution in [2.75, 3.05) is 0 Å². The van der Waals surface area contributed by atoms with E-state index in [1.807, 2.05) is 29.0 Å². The van der Waals surface area contributed by atoms with Gasteiger partial charge in [0.1, 0.15) is 0 Å². The van der Waals surface area contributed by atoms with E-state index in [2.05, 4.69) is 34.8 Å². The predicted molar refractivity (Wildman–Crippen MR) is 82.7 cm³/mol. The van der Waals surface area contributed by atoms with Crippen LogP contribution in [-0.2, 0) is 0 Å². The lowest BCUT2D eigenvalue weighted by Crippen LogP contribution is -2.16.